The van der Waals surface area contributed by atoms with Gasteiger partial charge in [0.25, 0.3) is 0 Å². The third kappa shape index (κ3) is 6.26. The molecule has 6 nitrogen and oxygen atoms in total. The van der Waals surface area contributed by atoms with Gasteiger partial charge in [0.2, 0.25) is 10.0 Å². The molecule has 2 aromatic rings. The summed E-state index contributed by atoms with van der Waals surface area (Å²) >= 11 is 6.97. The maximum absolute atomic E-state index is 12.0. The van der Waals surface area contributed by atoms with E-state index in [4.69, 9.17) is 16.3 Å². The molecule has 2 aromatic heterocycles. The summed E-state index contributed by atoms with van der Waals surface area (Å²) in [5.41, 5.74) is 0.747. The Kier molecular flexibility index (Phi) is 6.11. The standard InChI is InChI=1S/C14H15ClN2O4S2/c1-23(19,20)17-7-6-11-3-4-12(22-11)14(18)21-9-10-2-5-13(15)16-8-10/h2-5,8,17H,6-7,9H2,1H3. The molecule has 0 saturated carbocycles. The lowest BCUT2D eigenvalue weighted by Gasteiger charge is -2.03. The summed E-state index contributed by atoms with van der Waals surface area (Å²) in [4.78, 5) is 17.2. The molecular formula is C14H15ClN2O4S2. The van der Waals surface area contributed by atoms with E-state index in [9.17, 15) is 13.2 Å². The predicted molar refractivity (Wildman–Crippen MR) is 89.2 cm³/mol. The number of hydrogen-bond donors (Lipinski definition) is 1. The lowest BCUT2D eigenvalue weighted by atomic mass is 10.3. The van der Waals surface area contributed by atoms with Crippen molar-refractivity contribution in [1.29, 1.82) is 0 Å². The molecular weight excluding hydrogens is 360 g/mol. The minimum Gasteiger partial charge on any atom is -0.457 e. The van der Waals surface area contributed by atoms with E-state index in [1.54, 1.807) is 30.5 Å². The second kappa shape index (κ2) is 7.87. The second-order valence-corrected chi connectivity index (χ2v) is 8.14. The van der Waals surface area contributed by atoms with Gasteiger partial charge in [0.15, 0.2) is 0 Å². The van der Waals surface area contributed by atoms with Crippen LogP contribution in [0, 0.1) is 0 Å². The van der Waals surface area contributed by atoms with Crippen LogP contribution in [-0.2, 0) is 27.8 Å². The van der Waals surface area contributed by atoms with Crippen molar-refractivity contribution in [1.82, 2.24) is 9.71 Å². The van der Waals surface area contributed by atoms with Crippen LogP contribution in [0.1, 0.15) is 20.1 Å². The van der Waals surface area contributed by atoms with Crippen molar-refractivity contribution in [3.63, 3.8) is 0 Å². The summed E-state index contributed by atoms with van der Waals surface area (Å²) in [5, 5.41) is 0.380. The lowest BCUT2D eigenvalue weighted by Crippen LogP contribution is -2.23. The van der Waals surface area contributed by atoms with E-state index in [0.29, 0.717) is 23.0 Å². The van der Waals surface area contributed by atoms with Crippen LogP contribution in [0.4, 0.5) is 0 Å². The van der Waals surface area contributed by atoms with Crippen molar-refractivity contribution in [2.45, 2.75) is 13.0 Å². The largest absolute Gasteiger partial charge is 0.457 e. The van der Waals surface area contributed by atoms with E-state index in [-0.39, 0.29) is 6.61 Å². The summed E-state index contributed by atoms with van der Waals surface area (Å²) in [5.74, 6) is -0.424. The average molecular weight is 375 g/mol. The number of hydrogen-bond acceptors (Lipinski definition) is 6. The predicted octanol–water partition coefficient (Wildman–Crippen LogP) is 2.25. The fourth-order valence-corrected chi connectivity index (χ4v) is 3.18. The monoisotopic (exact) mass is 374 g/mol. The number of sulfonamides is 1. The van der Waals surface area contributed by atoms with Gasteiger partial charge < -0.3 is 4.74 Å². The minimum absolute atomic E-state index is 0.117. The topological polar surface area (TPSA) is 85.4 Å². The Morgan fingerprint density at radius 1 is 1.35 bits per heavy atom. The maximum Gasteiger partial charge on any atom is 0.348 e. The van der Waals surface area contributed by atoms with Gasteiger partial charge in [0, 0.05) is 23.2 Å². The SMILES string of the molecule is CS(=O)(=O)NCCc1ccc(C(=O)OCc2ccc(Cl)nc2)s1. The maximum atomic E-state index is 12.0. The molecule has 1 N–H and O–H groups in total. The number of thiophene rings is 1. The minimum atomic E-state index is -3.20. The molecule has 0 amide bonds. The third-order valence-electron chi connectivity index (χ3n) is 2.76. The Bertz CT molecular complexity index is 772. The first-order valence-corrected chi connectivity index (χ1v) is 9.73. The van der Waals surface area contributed by atoms with Crippen molar-refractivity contribution >= 4 is 38.9 Å². The molecule has 2 heterocycles. The number of pyridine rings is 1. The van der Waals surface area contributed by atoms with Crippen molar-refractivity contribution < 1.29 is 17.9 Å². The van der Waals surface area contributed by atoms with Crippen LogP contribution in [0.2, 0.25) is 5.15 Å². The summed E-state index contributed by atoms with van der Waals surface area (Å²) in [6, 6.07) is 6.82. The number of ether oxygens (including phenoxy) is 1. The van der Waals surface area contributed by atoms with Gasteiger partial charge in [0.05, 0.1) is 6.26 Å². The molecule has 0 aromatic carbocycles. The first-order chi connectivity index (χ1) is 10.8. The molecule has 0 unspecified atom stereocenters. The van der Waals surface area contributed by atoms with E-state index in [0.717, 1.165) is 16.7 Å². The molecule has 0 aliphatic heterocycles. The molecule has 0 spiro atoms. The normalized spacial score (nSPS) is 11.4. The zero-order valence-corrected chi connectivity index (χ0v) is 14.7. The van der Waals surface area contributed by atoms with Gasteiger partial charge in [0.1, 0.15) is 16.6 Å². The Labute approximate surface area is 143 Å². The van der Waals surface area contributed by atoms with Crippen LogP contribution in [0.3, 0.4) is 0 Å². The summed E-state index contributed by atoms with van der Waals surface area (Å²) in [6.07, 6.45) is 3.17. The van der Waals surface area contributed by atoms with Gasteiger partial charge in [-0.25, -0.2) is 22.9 Å². The first-order valence-electron chi connectivity index (χ1n) is 6.64. The Morgan fingerprint density at radius 3 is 2.78 bits per heavy atom. The third-order valence-corrected chi connectivity index (χ3v) is 4.83. The quantitative estimate of drug-likeness (QED) is 0.593. The van der Waals surface area contributed by atoms with Gasteiger partial charge in [-0.3, -0.25) is 0 Å². The van der Waals surface area contributed by atoms with E-state index < -0.39 is 16.0 Å². The molecule has 9 heteroatoms. The summed E-state index contributed by atoms with van der Waals surface area (Å²) in [6.45, 7) is 0.413. The van der Waals surface area contributed by atoms with Crippen molar-refractivity contribution in [2.24, 2.45) is 0 Å². The smallest absolute Gasteiger partial charge is 0.348 e. The van der Waals surface area contributed by atoms with E-state index in [1.807, 2.05) is 0 Å². The highest BCUT2D eigenvalue weighted by Gasteiger charge is 2.11. The van der Waals surface area contributed by atoms with Gasteiger partial charge in [-0.1, -0.05) is 17.7 Å². The zero-order chi connectivity index (χ0) is 16.9. The second-order valence-electron chi connectivity index (χ2n) is 4.75. The van der Waals surface area contributed by atoms with Crippen LogP contribution >= 0.6 is 22.9 Å². The first kappa shape index (κ1) is 17.9. The summed E-state index contributed by atoms with van der Waals surface area (Å²) in [7, 11) is -3.20. The molecule has 23 heavy (non-hydrogen) atoms. The number of halogens is 1. The van der Waals surface area contributed by atoms with Gasteiger partial charge in [-0.2, -0.15) is 0 Å². The molecule has 0 aliphatic carbocycles. The molecule has 0 atom stereocenters. The van der Waals surface area contributed by atoms with Gasteiger partial charge in [-0.05, 0) is 24.6 Å². The average Bonchev–Trinajstić information content (AvgIpc) is 2.94. The zero-order valence-electron chi connectivity index (χ0n) is 12.3. The highest BCUT2D eigenvalue weighted by Crippen LogP contribution is 2.18. The van der Waals surface area contributed by atoms with Crippen LogP contribution in [-0.4, -0.2) is 32.2 Å². The Balaban J connectivity index is 1.84. The molecule has 0 fully saturated rings. The Morgan fingerprint density at radius 2 is 2.13 bits per heavy atom. The lowest BCUT2D eigenvalue weighted by molar-refractivity contribution is 0.0478. The van der Waals surface area contributed by atoms with Crippen LogP contribution in [0.5, 0.6) is 0 Å². The van der Waals surface area contributed by atoms with E-state index in [1.165, 1.54) is 11.3 Å². The van der Waals surface area contributed by atoms with Crippen molar-refractivity contribution in [2.75, 3.05) is 12.8 Å². The molecule has 0 saturated heterocycles. The highest BCUT2D eigenvalue weighted by molar-refractivity contribution is 7.88. The number of carbonyl (C=O) groups is 1. The number of nitrogens with one attached hydrogen (secondary N) is 1. The number of nitrogens with zero attached hydrogens (tertiary/aromatic N) is 1. The number of aromatic nitrogens is 1. The van der Waals surface area contributed by atoms with Gasteiger partial charge >= 0.3 is 5.97 Å². The van der Waals surface area contributed by atoms with E-state index >= 15 is 0 Å². The fourth-order valence-electron chi connectivity index (χ4n) is 1.69. The molecule has 2 rings (SSSR count). The van der Waals surface area contributed by atoms with Crippen LogP contribution < -0.4 is 4.72 Å². The highest BCUT2D eigenvalue weighted by atomic mass is 35.5. The van der Waals surface area contributed by atoms with Crippen LogP contribution in [0.25, 0.3) is 0 Å². The number of carbonyl (C=O) groups excluding carboxylic acids is 1. The molecule has 0 aliphatic rings. The van der Waals surface area contributed by atoms with Crippen LogP contribution in [0.15, 0.2) is 30.5 Å². The number of rotatable bonds is 7. The Hall–Kier alpha value is -1.48. The van der Waals surface area contributed by atoms with E-state index in [2.05, 4.69) is 9.71 Å². The number of esters is 1. The van der Waals surface area contributed by atoms with Gasteiger partial charge in [-0.15, -0.1) is 11.3 Å². The fraction of sp³-hybridized carbons (Fsp3) is 0.286. The molecule has 0 radical (unpaired) electrons. The molecule has 124 valence electrons. The summed E-state index contributed by atoms with van der Waals surface area (Å²) < 4.78 is 29.6. The van der Waals surface area contributed by atoms with Crippen molar-refractivity contribution in [3.05, 3.63) is 50.9 Å². The van der Waals surface area contributed by atoms with Crippen molar-refractivity contribution in [3.8, 4) is 0 Å². The molecule has 0 bridgehead atoms.